The Morgan fingerprint density at radius 1 is 1.55 bits per heavy atom. The lowest BCUT2D eigenvalue weighted by atomic mass is 9.96. The number of hydrogen-bond donors (Lipinski definition) is 2. The fourth-order valence-electron chi connectivity index (χ4n) is 2.29. The van der Waals surface area contributed by atoms with E-state index < -0.39 is 28.0 Å². The summed E-state index contributed by atoms with van der Waals surface area (Å²) in [5, 5.41) is 9.83. The summed E-state index contributed by atoms with van der Waals surface area (Å²) in [6.07, 6.45) is 1.15. The highest BCUT2D eigenvalue weighted by Gasteiger charge is 2.28. The molecule has 1 heterocycles. The maximum absolute atomic E-state index is 14.0. The standard InChI is InChI=1S/C13H18FNO4S/c1-3-12(16)8-6-9-11(15-20(2,17)18)4-5-19-13(9)10(14)7-8/h6-7,11-12,15-16H,3-5H2,1-2H3. The van der Waals surface area contributed by atoms with Gasteiger partial charge in [0.1, 0.15) is 0 Å². The molecule has 1 aromatic carbocycles. The lowest BCUT2D eigenvalue weighted by Crippen LogP contribution is -2.31. The van der Waals surface area contributed by atoms with Gasteiger partial charge in [0.2, 0.25) is 10.0 Å². The molecule has 1 aliphatic heterocycles. The zero-order valence-electron chi connectivity index (χ0n) is 11.4. The summed E-state index contributed by atoms with van der Waals surface area (Å²) in [5.74, 6) is -0.519. The van der Waals surface area contributed by atoms with Crippen LogP contribution < -0.4 is 9.46 Å². The second-order valence-corrected chi connectivity index (χ2v) is 6.70. The van der Waals surface area contributed by atoms with Gasteiger partial charge in [-0.05, 0) is 24.1 Å². The molecule has 0 aromatic heterocycles. The normalized spacial score (nSPS) is 20.1. The minimum Gasteiger partial charge on any atom is -0.490 e. The predicted molar refractivity (Wildman–Crippen MR) is 72.5 cm³/mol. The molecule has 0 saturated carbocycles. The van der Waals surface area contributed by atoms with Gasteiger partial charge in [-0.15, -0.1) is 0 Å². The van der Waals surface area contributed by atoms with E-state index in [1.165, 1.54) is 6.07 Å². The van der Waals surface area contributed by atoms with E-state index in [0.717, 1.165) is 6.26 Å². The van der Waals surface area contributed by atoms with Crippen LogP contribution in [0.15, 0.2) is 12.1 Å². The van der Waals surface area contributed by atoms with Gasteiger partial charge in [0.05, 0.1) is 25.0 Å². The maximum Gasteiger partial charge on any atom is 0.209 e. The third-order valence-corrected chi connectivity index (χ3v) is 3.96. The average molecular weight is 303 g/mol. The highest BCUT2D eigenvalue weighted by molar-refractivity contribution is 7.88. The molecule has 20 heavy (non-hydrogen) atoms. The van der Waals surface area contributed by atoms with Gasteiger partial charge in [-0.2, -0.15) is 0 Å². The van der Waals surface area contributed by atoms with Gasteiger partial charge in [0, 0.05) is 12.0 Å². The number of aliphatic hydroxyl groups is 1. The summed E-state index contributed by atoms with van der Waals surface area (Å²) >= 11 is 0. The molecule has 2 unspecified atom stereocenters. The van der Waals surface area contributed by atoms with Crippen molar-refractivity contribution in [2.24, 2.45) is 0 Å². The van der Waals surface area contributed by atoms with Crippen LogP contribution in [0, 0.1) is 5.82 Å². The molecule has 0 amide bonds. The first kappa shape index (κ1) is 15.2. The fourth-order valence-corrected chi connectivity index (χ4v) is 3.05. The van der Waals surface area contributed by atoms with Crippen molar-refractivity contribution in [3.05, 3.63) is 29.1 Å². The molecule has 1 aromatic rings. The van der Waals surface area contributed by atoms with E-state index in [2.05, 4.69) is 4.72 Å². The molecule has 2 N–H and O–H groups in total. The zero-order chi connectivity index (χ0) is 14.9. The first-order valence-electron chi connectivity index (χ1n) is 6.43. The van der Waals surface area contributed by atoms with Crippen molar-refractivity contribution < 1.29 is 22.7 Å². The van der Waals surface area contributed by atoms with E-state index in [0.29, 0.717) is 24.0 Å². The molecule has 0 spiro atoms. The molecule has 2 atom stereocenters. The largest absolute Gasteiger partial charge is 0.490 e. The van der Waals surface area contributed by atoms with Gasteiger partial charge in [0.25, 0.3) is 0 Å². The molecule has 0 radical (unpaired) electrons. The number of aliphatic hydroxyl groups excluding tert-OH is 1. The lowest BCUT2D eigenvalue weighted by Gasteiger charge is -2.27. The molecule has 5 nitrogen and oxygen atoms in total. The van der Waals surface area contributed by atoms with Crippen LogP contribution in [-0.2, 0) is 10.0 Å². The first-order chi connectivity index (χ1) is 9.31. The number of nitrogens with one attached hydrogen (secondary N) is 1. The van der Waals surface area contributed by atoms with Crippen molar-refractivity contribution in [3.8, 4) is 5.75 Å². The predicted octanol–water partition coefficient (Wildman–Crippen LogP) is 1.64. The second kappa shape index (κ2) is 5.67. The molecule has 2 rings (SSSR count). The molecule has 112 valence electrons. The van der Waals surface area contributed by atoms with Gasteiger partial charge in [-0.25, -0.2) is 17.5 Å². The zero-order valence-corrected chi connectivity index (χ0v) is 12.2. The minimum absolute atomic E-state index is 0.0597. The highest BCUT2D eigenvalue weighted by atomic mass is 32.2. The van der Waals surface area contributed by atoms with Crippen molar-refractivity contribution in [1.29, 1.82) is 0 Å². The molecular formula is C13H18FNO4S. The van der Waals surface area contributed by atoms with Crippen LogP contribution in [0.1, 0.15) is 43.0 Å². The summed E-state index contributed by atoms with van der Waals surface area (Å²) in [4.78, 5) is 0. The molecule has 0 bridgehead atoms. The molecular weight excluding hydrogens is 285 g/mol. The first-order valence-corrected chi connectivity index (χ1v) is 8.32. The van der Waals surface area contributed by atoms with Crippen LogP contribution >= 0.6 is 0 Å². The Morgan fingerprint density at radius 3 is 2.85 bits per heavy atom. The van der Waals surface area contributed by atoms with Crippen LogP contribution in [0.5, 0.6) is 5.75 Å². The second-order valence-electron chi connectivity index (χ2n) is 4.92. The Kier molecular flexibility index (Phi) is 4.31. The Morgan fingerprint density at radius 2 is 2.25 bits per heavy atom. The average Bonchev–Trinajstić information content (AvgIpc) is 2.37. The van der Waals surface area contributed by atoms with Gasteiger partial charge >= 0.3 is 0 Å². The van der Waals surface area contributed by atoms with Crippen LogP contribution in [0.25, 0.3) is 0 Å². The molecule has 0 aliphatic carbocycles. The highest BCUT2D eigenvalue weighted by Crippen LogP contribution is 2.37. The van der Waals surface area contributed by atoms with Gasteiger partial charge in [-0.1, -0.05) is 6.92 Å². The maximum atomic E-state index is 14.0. The summed E-state index contributed by atoms with van der Waals surface area (Å²) in [5.41, 5.74) is 0.860. The van der Waals surface area contributed by atoms with E-state index in [1.54, 1.807) is 13.0 Å². The monoisotopic (exact) mass is 303 g/mol. The molecule has 0 fully saturated rings. The third kappa shape index (κ3) is 3.28. The Bertz CT molecular complexity index is 603. The van der Waals surface area contributed by atoms with E-state index in [-0.39, 0.29) is 12.4 Å². The van der Waals surface area contributed by atoms with Crippen LogP contribution in [-0.4, -0.2) is 26.4 Å². The van der Waals surface area contributed by atoms with E-state index in [9.17, 15) is 17.9 Å². The number of ether oxygens (including phenoxy) is 1. The van der Waals surface area contributed by atoms with Gasteiger partial charge in [0.15, 0.2) is 11.6 Å². The fraction of sp³-hybridized carbons (Fsp3) is 0.538. The van der Waals surface area contributed by atoms with Crippen LogP contribution in [0.4, 0.5) is 4.39 Å². The smallest absolute Gasteiger partial charge is 0.209 e. The number of fused-ring (bicyclic) bond motifs is 1. The van der Waals surface area contributed by atoms with Gasteiger partial charge in [-0.3, -0.25) is 0 Å². The summed E-state index contributed by atoms with van der Waals surface area (Å²) in [7, 11) is -3.41. The third-order valence-electron chi connectivity index (χ3n) is 3.25. The van der Waals surface area contributed by atoms with Gasteiger partial charge < -0.3 is 9.84 Å². The van der Waals surface area contributed by atoms with Crippen LogP contribution in [0.2, 0.25) is 0 Å². The number of benzene rings is 1. The van der Waals surface area contributed by atoms with Crippen molar-refractivity contribution in [2.75, 3.05) is 12.9 Å². The topological polar surface area (TPSA) is 75.6 Å². The number of hydrogen-bond acceptors (Lipinski definition) is 4. The van der Waals surface area contributed by atoms with Crippen molar-refractivity contribution in [3.63, 3.8) is 0 Å². The van der Waals surface area contributed by atoms with Crippen LogP contribution in [0.3, 0.4) is 0 Å². The lowest BCUT2D eigenvalue weighted by molar-refractivity contribution is 0.172. The Hall–Kier alpha value is -1.18. The molecule has 0 saturated heterocycles. The molecule has 7 heteroatoms. The summed E-state index contributed by atoms with van der Waals surface area (Å²) < 4.78 is 44.5. The van der Waals surface area contributed by atoms with Crippen molar-refractivity contribution in [1.82, 2.24) is 4.72 Å². The number of halogens is 1. The Balaban J connectivity index is 2.45. The quantitative estimate of drug-likeness (QED) is 0.886. The number of rotatable bonds is 4. The Labute approximate surface area is 117 Å². The van der Waals surface area contributed by atoms with E-state index in [1.807, 2.05) is 0 Å². The minimum atomic E-state index is -3.41. The summed E-state index contributed by atoms with van der Waals surface area (Å²) in [6, 6.07) is 2.30. The van der Waals surface area contributed by atoms with Crippen molar-refractivity contribution in [2.45, 2.75) is 31.9 Å². The van der Waals surface area contributed by atoms with E-state index in [4.69, 9.17) is 4.74 Å². The molecule has 1 aliphatic rings. The van der Waals surface area contributed by atoms with Crippen molar-refractivity contribution >= 4 is 10.0 Å². The number of sulfonamides is 1. The van der Waals surface area contributed by atoms with E-state index >= 15 is 0 Å². The summed E-state index contributed by atoms with van der Waals surface area (Å²) in [6.45, 7) is 2.03. The SMILES string of the molecule is CCC(O)c1cc(F)c2c(c1)C(NS(C)(=O)=O)CCO2.